The second-order valence-electron chi connectivity index (χ2n) is 25.4. The van der Waals surface area contributed by atoms with E-state index in [0.717, 1.165) is 98.0 Å². The van der Waals surface area contributed by atoms with Crippen molar-refractivity contribution in [3.8, 4) is 40.0 Å². The summed E-state index contributed by atoms with van der Waals surface area (Å²) in [6.45, 7) is 3.83. The maximum absolute atomic E-state index is 13.8. The first-order valence-corrected chi connectivity index (χ1v) is 32.9. The second kappa shape index (κ2) is 31.7. The molecular formula is C69H88N9O18+. The van der Waals surface area contributed by atoms with Gasteiger partial charge in [0, 0.05) is 91.9 Å². The Balaban J connectivity index is 0.634. The Bertz CT molecular complexity index is 3680. The molecule has 5 N–H and O–H groups in total. The summed E-state index contributed by atoms with van der Waals surface area (Å²) in [5.74, 6) is 0.784. The van der Waals surface area contributed by atoms with Crippen LogP contribution >= 0.6 is 0 Å². The van der Waals surface area contributed by atoms with Crippen LogP contribution in [0, 0.1) is 5.92 Å². The lowest BCUT2D eigenvalue weighted by atomic mass is 9.86. The Morgan fingerprint density at radius 1 is 0.729 bits per heavy atom. The third-order valence-corrected chi connectivity index (χ3v) is 18.6. The first-order valence-electron chi connectivity index (χ1n) is 32.9. The molecule has 6 atom stereocenters. The molecule has 1 unspecified atom stereocenters. The number of nitrogens with one attached hydrogen (secondary N) is 1. The summed E-state index contributed by atoms with van der Waals surface area (Å²) in [7, 11) is 9.97. The minimum Gasteiger partial charge on any atom is -0.493 e. The quantitative estimate of drug-likeness (QED) is 0.0255. The number of hydrogen-bond donors (Lipinski definition) is 5. The molecule has 10 rings (SSSR count). The van der Waals surface area contributed by atoms with E-state index in [1.165, 1.54) is 51.9 Å². The zero-order valence-corrected chi connectivity index (χ0v) is 55.5. The summed E-state index contributed by atoms with van der Waals surface area (Å²) in [6, 6.07) is 14.6. The zero-order chi connectivity index (χ0) is 68.3. The highest BCUT2D eigenvalue weighted by atomic mass is 16.7. The summed E-state index contributed by atoms with van der Waals surface area (Å²) in [6.07, 6.45) is 6.55. The van der Waals surface area contributed by atoms with Gasteiger partial charge >= 0.3 is 24.2 Å². The molecule has 27 heteroatoms. The molecule has 0 bridgehead atoms. The summed E-state index contributed by atoms with van der Waals surface area (Å²) in [4.78, 5) is 95.9. The summed E-state index contributed by atoms with van der Waals surface area (Å²) >= 11 is 0. The lowest BCUT2D eigenvalue weighted by Gasteiger charge is -2.38. The highest BCUT2D eigenvalue weighted by Gasteiger charge is 2.48. The van der Waals surface area contributed by atoms with Gasteiger partial charge in [0.25, 0.3) is 0 Å². The minimum absolute atomic E-state index is 0.0689. The van der Waals surface area contributed by atoms with E-state index in [-0.39, 0.29) is 75.7 Å². The first kappa shape index (κ1) is 69.8. The number of ether oxygens (including phenoxy) is 8. The number of carbonyl (C=O) groups is 6. The van der Waals surface area contributed by atoms with Crippen LogP contribution in [0.1, 0.15) is 112 Å². The second-order valence-corrected chi connectivity index (χ2v) is 25.4. The number of aliphatic hydroxyl groups is 3. The number of methoxy groups -OCH3 is 1. The van der Waals surface area contributed by atoms with Crippen molar-refractivity contribution >= 4 is 64.4 Å². The van der Waals surface area contributed by atoms with Crippen molar-refractivity contribution in [3.63, 3.8) is 0 Å². The Morgan fingerprint density at radius 2 is 1.40 bits per heavy atom. The molecule has 2 aromatic heterocycles. The molecule has 5 aromatic rings. The van der Waals surface area contributed by atoms with Gasteiger partial charge < -0.3 is 88.1 Å². The number of aliphatic carboxylic acids is 1. The number of likely N-dealkylation sites (N-methyl/N-ethyl adjacent to an activating group) is 4. The number of amides is 5. The fraction of sp³-hybridized carbons (Fsp3) is 0.522. The van der Waals surface area contributed by atoms with Crippen LogP contribution in [0.3, 0.4) is 0 Å². The predicted molar refractivity (Wildman–Crippen MR) is 350 cm³/mol. The van der Waals surface area contributed by atoms with E-state index in [2.05, 4.69) is 44.8 Å². The number of nitrogens with zero attached hydrogens (tertiary/aromatic N) is 8. The molecule has 5 amide bonds. The number of rotatable bonds is 27. The minimum atomic E-state index is -1.96. The van der Waals surface area contributed by atoms with Gasteiger partial charge in [0.2, 0.25) is 30.6 Å². The van der Waals surface area contributed by atoms with Crippen molar-refractivity contribution in [1.82, 2.24) is 29.6 Å². The van der Waals surface area contributed by atoms with Gasteiger partial charge in [-0.25, -0.2) is 29.1 Å². The third-order valence-electron chi connectivity index (χ3n) is 18.6. The van der Waals surface area contributed by atoms with Gasteiger partial charge in [-0.3, -0.25) is 9.59 Å². The number of aromatic nitrogens is 3. The average Bonchev–Trinajstić information content (AvgIpc) is 1.02. The van der Waals surface area contributed by atoms with Gasteiger partial charge in [-0.05, 0) is 97.4 Å². The number of unbranched alkanes of at least 4 members (excludes halogenated alkanes) is 6. The standard InChI is InChI=1S/C69H87N9O18/c1-41-16-20-45(21-17-41)77(6)63-46-22-23-47(57(46)70-39-71-63)64(83)73(2)28-29-75(4)68(87)91-38-42-18-24-52(94-66-60(82)58(80)59(81)62(95-66)65(84)85)50(33-42)72-56(79)15-13-11-9-8-10-12-14-32-90-67(86)74(3)30-31-76(5)69(88)96-61-49-37-78-27-26-44-35-54-55(93-40-92-54)36-48(44)51(78)34-43(49)19-25-53(61)89-7/h18-19,22-25,33-37,39,41,45,47,58-60,62,66,80-82H,8-17,20-21,26-32,38,40H2,1-7H3,(H-,72,79,84,85)/p+1/t41?,45?,47?,58-,59-,60+,62-,66+/m0/s1. The predicted octanol–water partition coefficient (Wildman–Crippen LogP) is 7.26. The van der Waals surface area contributed by atoms with Crippen LogP contribution in [0.15, 0.2) is 67.1 Å². The number of hydrogen-bond acceptors (Lipinski definition) is 20. The molecule has 27 nitrogen and oxygen atoms in total. The number of carboxylic acids is 1. The number of fused-ring (bicyclic) bond motifs is 6. The monoisotopic (exact) mass is 1330 g/mol. The van der Waals surface area contributed by atoms with Crippen LogP contribution in [-0.4, -0.2) is 205 Å². The lowest BCUT2D eigenvalue weighted by molar-refractivity contribution is -0.686. The largest absolute Gasteiger partial charge is 0.493 e. The van der Waals surface area contributed by atoms with Gasteiger partial charge in [-0.2, -0.15) is 4.57 Å². The molecular weight excluding hydrogens is 1240 g/mol. The molecule has 516 valence electrons. The van der Waals surface area contributed by atoms with Crippen molar-refractivity contribution in [3.05, 3.63) is 89.5 Å². The van der Waals surface area contributed by atoms with Crippen LogP contribution < -0.4 is 38.5 Å². The van der Waals surface area contributed by atoms with E-state index >= 15 is 0 Å². The molecule has 5 aliphatic rings. The van der Waals surface area contributed by atoms with Crippen LogP contribution in [0.25, 0.3) is 28.1 Å². The summed E-state index contributed by atoms with van der Waals surface area (Å²) in [5.41, 5.74) is 5.18. The Hall–Kier alpha value is -9.05. The number of carbonyl (C=O) groups excluding carboxylic acids is 5. The highest BCUT2D eigenvalue weighted by Crippen LogP contribution is 2.43. The van der Waals surface area contributed by atoms with Crippen molar-refractivity contribution in [2.75, 3.05) is 92.1 Å². The molecule has 96 heavy (non-hydrogen) atoms. The van der Waals surface area contributed by atoms with Crippen LogP contribution in [0.5, 0.6) is 28.7 Å². The summed E-state index contributed by atoms with van der Waals surface area (Å²) in [5, 5.41) is 45.5. The van der Waals surface area contributed by atoms with Crippen LogP contribution in [-0.2, 0) is 48.2 Å². The Labute approximate surface area is 557 Å². The SMILES string of the molecule is COc1ccc2cc3[n+](cc2c1OC(=O)N(C)CCN(C)C(=O)OCCCCCCCCCC(=O)Nc1cc(COC(=O)N(C)CCN(C)C(=O)C2C=Cc4c2ncnc4N(C)C2CCC(C)CC2)ccc1O[C@@H]1O[C@H](C(=O)O)[C@@H](O)[C@H](O)[C@H]1O)CCc1cc2c(cc1-3)OCO2. The molecule has 2 fully saturated rings. The Morgan fingerprint density at radius 3 is 2.11 bits per heavy atom. The highest BCUT2D eigenvalue weighted by molar-refractivity contribution is 5.94. The number of carboxylic acid groups (broad SMARTS) is 1. The van der Waals surface area contributed by atoms with Gasteiger partial charge in [0.1, 0.15) is 42.8 Å². The lowest BCUT2D eigenvalue weighted by Crippen LogP contribution is -2.61. The van der Waals surface area contributed by atoms with Crippen molar-refractivity contribution in [1.29, 1.82) is 0 Å². The van der Waals surface area contributed by atoms with Gasteiger partial charge in [-0.15, -0.1) is 0 Å². The number of anilines is 2. The maximum atomic E-state index is 13.8. The zero-order valence-electron chi connectivity index (χ0n) is 55.5. The molecule has 0 radical (unpaired) electrons. The molecule has 5 heterocycles. The van der Waals surface area contributed by atoms with Crippen molar-refractivity contribution < 1.29 is 91.7 Å². The van der Waals surface area contributed by atoms with E-state index in [1.807, 2.05) is 36.5 Å². The molecule has 3 aliphatic heterocycles. The van der Waals surface area contributed by atoms with Crippen molar-refractivity contribution in [2.24, 2.45) is 5.92 Å². The van der Waals surface area contributed by atoms with Crippen LogP contribution in [0.2, 0.25) is 0 Å². The van der Waals surface area contributed by atoms with Gasteiger partial charge in [0.15, 0.2) is 41.8 Å². The molecule has 2 aliphatic carbocycles. The normalized spacial score (nSPS) is 20.4. The van der Waals surface area contributed by atoms with E-state index in [4.69, 9.17) is 37.9 Å². The molecule has 1 saturated heterocycles. The van der Waals surface area contributed by atoms with Crippen LogP contribution in [0.4, 0.5) is 25.9 Å². The first-order chi connectivity index (χ1) is 46.2. The van der Waals surface area contributed by atoms with E-state index < -0.39 is 66.8 Å². The summed E-state index contributed by atoms with van der Waals surface area (Å²) < 4.78 is 47.4. The Kier molecular flexibility index (Phi) is 23.0. The number of benzene rings is 3. The van der Waals surface area contributed by atoms with E-state index in [0.29, 0.717) is 59.5 Å². The van der Waals surface area contributed by atoms with Gasteiger partial charge in [-0.1, -0.05) is 57.2 Å². The number of aryl methyl sites for hydroxylation is 2. The smallest absolute Gasteiger partial charge is 0.415 e. The number of aliphatic hydroxyl groups excluding tert-OH is 3. The topological polar surface area (TPSA) is 315 Å². The number of pyridine rings is 1. The fourth-order valence-corrected chi connectivity index (χ4v) is 12.6. The van der Waals surface area contributed by atoms with Gasteiger partial charge in [0.05, 0.1) is 42.0 Å². The third kappa shape index (κ3) is 16.4. The fourth-order valence-electron chi connectivity index (χ4n) is 12.6. The molecule has 3 aromatic carbocycles. The molecule has 1 saturated carbocycles. The maximum Gasteiger partial charge on any atom is 0.415 e. The van der Waals surface area contributed by atoms with E-state index in [1.54, 1.807) is 39.2 Å². The average molecular weight is 1330 g/mol. The van der Waals surface area contributed by atoms with Crippen molar-refractivity contribution in [2.45, 2.75) is 146 Å². The van der Waals surface area contributed by atoms with E-state index in [9.17, 15) is 49.2 Å². The molecule has 0 spiro atoms.